The summed E-state index contributed by atoms with van der Waals surface area (Å²) in [6.45, 7) is 1.52. The zero-order valence-corrected chi connectivity index (χ0v) is 17.1. The van der Waals surface area contributed by atoms with Crippen LogP contribution in [-0.2, 0) is 22.5 Å². The van der Waals surface area contributed by atoms with Crippen molar-refractivity contribution < 1.29 is 19.1 Å². The second-order valence-corrected chi connectivity index (χ2v) is 6.89. The molecule has 7 nitrogen and oxygen atoms in total. The lowest BCUT2D eigenvalue weighted by Gasteiger charge is -2.09. The third-order valence-corrected chi connectivity index (χ3v) is 4.74. The zero-order chi connectivity index (χ0) is 21.2. The van der Waals surface area contributed by atoms with Gasteiger partial charge in [0.2, 0.25) is 0 Å². The van der Waals surface area contributed by atoms with Gasteiger partial charge in [0, 0.05) is 36.6 Å². The third kappa shape index (κ3) is 6.27. The van der Waals surface area contributed by atoms with E-state index in [0.29, 0.717) is 39.0 Å². The highest BCUT2D eigenvalue weighted by molar-refractivity contribution is 5.85. The van der Waals surface area contributed by atoms with Crippen LogP contribution in [0.25, 0.3) is 10.9 Å². The molecule has 0 aliphatic heterocycles. The van der Waals surface area contributed by atoms with E-state index in [9.17, 15) is 9.59 Å². The van der Waals surface area contributed by atoms with Gasteiger partial charge in [0.15, 0.2) is 0 Å². The van der Waals surface area contributed by atoms with Crippen LogP contribution in [0.5, 0.6) is 5.75 Å². The van der Waals surface area contributed by atoms with E-state index >= 15 is 0 Å². The van der Waals surface area contributed by atoms with E-state index in [1.165, 1.54) is 7.11 Å². The van der Waals surface area contributed by atoms with E-state index in [0.717, 1.165) is 27.8 Å². The van der Waals surface area contributed by atoms with Gasteiger partial charge in [-0.25, -0.2) is 4.79 Å². The molecule has 0 aliphatic rings. The van der Waals surface area contributed by atoms with Gasteiger partial charge < -0.3 is 25.1 Å². The fourth-order valence-electron chi connectivity index (χ4n) is 3.10. The quantitative estimate of drug-likeness (QED) is 0.353. The second-order valence-electron chi connectivity index (χ2n) is 6.89. The number of aryl methyl sites for hydroxylation is 1. The van der Waals surface area contributed by atoms with Crippen LogP contribution in [0.15, 0.2) is 54.7 Å². The van der Waals surface area contributed by atoms with Gasteiger partial charge in [-0.1, -0.05) is 30.3 Å². The number of hydrogen-bond acceptors (Lipinski definition) is 4. The van der Waals surface area contributed by atoms with E-state index in [-0.39, 0.29) is 12.0 Å². The number of fused-ring (bicyclic) bond motifs is 1. The Bertz CT molecular complexity index is 969. The van der Waals surface area contributed by atoms with E-state index in [2.05, 4.69) is 15.6 Å². The van der Waals surface area contributed by atoms with Crippen LogP contribution < -0.4 is 15.4 Å². The lowest BCUT2D eigenvalue weighted by molar-refractivity contribution is -0.140. The maximum Gasteiger partial charge on any atom is 0.315 e. The number of aromatic amines is 1. The molecule has 0 radical (unpaired) electrons. The van der Waals surface area contributed by atoms with Gasteiger partial charge in [0.05, 0.1) is 13.7 Å². The van der Waals surface area contributed by atoms with Crippen LogP contribution >= 0.6 is 0 Å². The normalized spacial score (nSPS) is 10.6. The van der Waals surface area contributed by atoms with Crippen molar-refractivity contribution in [1.82, 2.24) is 15.6 Å². The molecule has 1 heterocycles. The van der Waals surface area contributed by atoms with Crippen molar-refractivity contribution in [2.45, 2.75) is 25.8 Å². The molecule has 158 valence electrons. The lowest BCUT2D eigenvalue weighted by atomic mass is 10.1. The maximum absolute atomic E-state index is 11.8. The first-order valence-corrected chi connectivity index (χ1v) is 10.0. The minimum absolute atomic E-state index is 0.192. The summed E-state index contributed by atoms with van der Waals surface area (Å²) in [6, 6.07) is 15.4. The number of rotatable bonds is 10. The molecule has 1 aromatic heterocycles. The number of carbonyl (C=O) groups is 2. The van der Waals surface area contributed by atoms with E-state index < -0.39 is 0 Å². The number of ether oxygens (including phenoxy) is 2. The Kier molecular flexibility index (Phi) is 7.71. The third-order valence-electron chi connectivity index (χ3n) is 4.74. The summed E-state index contributed by atoms with van der Waals surface area (Å²) in [7, 11) is 1.39. The standard InChI is InChI=1S/C23H27N3O4/c1-29-22(27)11-8-18-16-25-21-10-9-19(14-20(18)21)30-13-5-12-24-23(28)26-15-17-6-3-2-4-7-17/h2-4,6-7,9-10,14,16,25H,5,8,11-13,15H2,1H3,(H2,24,26,28). The number of hydrogen-bond donors (Lipinski definition) is 3. The minimum atomic E-state index is -0.225. The molecular weight excluding hydrogens is 382 g/mol. The Morgan fingerprint density at radius 1 is 1.07 bits per heavy atom. The molecular formula is C23H27N3O4. The molecule has 7 heteroatoms. The smallest absolute Gasteiger partial charge is 0.315 e. The summed E-state index contributed by atoms with van der Waals surface area (Å²) in [6.07, 6.45) is 3.55. The molecule has 0 saturated heterocycles. The number of methoxy groups -OCH3 is 1. The number of esters is 1. The molecule has 0 bridgehead atoms. The molecule has 3 aromatic rings. The predicted octanol–water partition coefficient (Wildman–Crippen LogP) is 3.54. The van der Waals surface area contributed by atoms with Crippen molar-refractivity contribution in [2.75, 3.05) is 20.3 Å². The molecule has 2 amide bonds. The van der Waals surface area contributed by atoms with Crippen LogP contribution in [0.4, 0.5) is 4.79 Å². The molecule has 0 unspecified atom stereocenters. The Labute approximate surface area is 175 Å². The zero-order valence-electron chi connectivity index (χ0n) is 17.1. The van der Waals surface area contributed by atoms with Crippen LogP contribution in [0, 0.1) is 0 Å². The van der Waals surface area contributed by atoms with Gasteiger partial charge >= 0.3 is 12.0 Å². The van der Waals surface area contributed by atoms with E-state index in [1.54, 1.807) is 0 Å². The fraction of sp³-hybridized carbons (Fsp3) is 0.304. The van der Waals surface area contributed by atoms with E-state index in [1.807, 2.05) is 54.7 Å². The first kappa shape index (κ1) is 21.2. The van der Waals surface area contributed by atoms with Crippen molar-refractivity contribution in [3.05, 3.63) is 65.9 Å². The highest BCUT2D eigenvalue weighted by Crippen LogP contribution is 2.24. The summed E-state index contributed by atoms with van der Waals surface area (Å²) < 4.78 is 10.5. The Hall–Kier alpha value is -3.48. The number of amides is 2. The number of benzene rings is 2. The SMILES string of the molecule is COC(=O)CCc1c[nH]c2ccc(OCCCNC(=O)NCc3ccccc3)cc12. The van der Waals surface area contributed by atoms with Gasteiger partial charge in [0.1, 0.15) is 5.75 Å². The number of H-pyrrole nitrogens is 1. The molecule has 0 atom stereocenters. The Morgan fingerprint density at radius 3 is 2.70 bits per heavy atom. The number of nitrogens with one attached hydrogen (secondary N) is 3. The Balaban J connectivity index is 1.39. The summed E-state index contributed by atoms with van der Waals surface area (Å²) in [5.41, 5.74) is 3.11. The summed E-state index contributed by atoms with van der Waals surface area (Å²) in [4.78, 5) is 26.4. The monoisotopic (exact) mass is 409 g/mol. The molecule has 0 saturated carbocycles. The van der Waals surface area contributed by atoms with E-state index in [4.69, 9.17) is 9.47 Å². The average Bonchev–Trinajstić information content (AvgIpc) is 3.18. The van der Waals surface area contributed by atoms with Crippen molar-refractivity contribution in [3.63, 3.8) is 0 Å². The first-order valence-electron chi connectivity index (χ1n) is 10.0. The van der Waals surface area contributed by atoms with Crippen LogP contribution in [0.2, 0.25) is 0 Å². The molecule has 30 heavy (non-hydrogen) atoms. The molecule has 0 fully saturated rings. The van der Waals surface area contributed by atoms with Gasteiger partial charge in [-0.15, -0.1) is 0 Å². The van der Waals surface area contributed by atoms with Crippen molar-refractivity contribution in [2.24, 2.45) is 0 Å². The van der Waals surface area contributed by atoms with Crippen molar-refractivity contribution in [1.29, 1.82) is 0 Å². The van der Waals surface area contributed by atoms with Gasteiger partial charge in [-0.2, -0.15) is 0 Å². The van der Waals surface area contributed by atoms with Crippen molar-refractivity contribution in [3.8, 4) is 5.75 Å². The molecule has 0 aliphatic carbocycles. The minimum Gasteiger partial charge on any atom is -0.494 e. The topological polar surface area (TPSA) is 92.5 Å². The lowest BCUT2D eigenvalue weighted by Crippen LogP contribution is -2.35. The summed E-state index contributed by atoms with van der Waals surface area (Å²) >= 11 is 0. The predicted molar refractivity (Wildman–Crippen MR) is 115 cm³/mol. The number of aromatic nitrogens is 1. The summed E-state index contributed by atoms with van der Waals surface area (Å²) in [5, 5.41) is 6.69. The van der Waals surface area contributed by atoms with Gasteiger partial charge in [0.25, 0.3) is 0 Å². The average molecular weight is 409 g/mol. The van der Waals surface area contributed by atoms with Crippen LogP contribution in [0.3, 0.4) is 0 Å². The molecule has 0 spiro atoms. The highest BCUT2D eigenvalue weighted by atomic mass is 16.5. The largest absolute Gasteiger partial charge is 0.494 e. The van der Waals surface area contributed by atoms with Crippen molar-refractivity contribution >= 4 is 22.9 Å². The van der Waals surface area contributed by atoms with Crippen LogP contribution in [-0.4, -0.2) is 37.2 Å². The molecule has 2 aromatic carbocycles. The van der Waals surface area contributed by atoms with Crippen LogP contribution in [0.1, 0.15) is 24.0 Å². The maximum atomic E-state index is 11.8. The Morgan fingerprint density at radius 2 is 1.90 bits per heavy atom. The fourth-order valence-corrected chi connectivity index (χ4v) is 3.10. The number of carbonyl (C=O) groups excluding carboxylic acids is 2. The molecule has 3 rings (SSSR count). The first-order chi connectivity index (χ1) is 14.7. The second kappa shape index (κ2) is 10.9. The number of urea groups is 1. The van der Waals surface area contributed by atoms with Gasteiger partial charge in [-0.3, -0.25) is 4.79 Å². The molecule has 3 N–H and O–H groups in total. The highest BCUT2D eigenvalue weighted by Gasteiger charge is 2.08. The van der Waals surface area contributed by atoms with Gasteiger partial charge in [-0.05, 0) is 42.2 Å². The summed E-state index contributed by atoms with van der Waals surface area (Å²) in [5.74, 6) is 0.534.